The fourth-order valence-electron chi connectivity index (χ4n) is 2.59. The van der Waals surface area contributed by atoms with Gasteiger partial charge >= 0.3 is 0 Å². The molecule has 1 amide bonds. The molecule has 0 fully saturated rings. The molecule has 0 aliphatic carbocycles. The van der Waals surface area contributed by atoms with E-state index in [9.17, 15) is 9.59 Å². The zero-order chi connectivity index (χ0) is 16.4. The number of aldehydes is 1. The van der Waals surface area contributed by atoms with Crippen molar-refractivity contribution in [3.63, 3.8) is 0 Å². The van der Waals surface area contributed by atoms with Gasteiger partial charge in [-0.2, -0.15) is 0 Å². The minimum Gasteiger partial charge on any atom is -0.366 e. The van der Waals surface area contributed by atoms with Gasteiger partial charge in [0.05, 0.1) is 11.1 Å². The first-order chi connectivity index (χ1) is 11.1. The van der Waals surface area contributed by atoms with Gasteiger partial charge in [0.1, 0.15) is 6.29 Å². The van der Waals surface area contributed by atoms with E-state index in [0.29, 0.717) is 23.1 Å². The molecule has 2 heterocycles. The highest BCUT2D eigenvalue weighted by molar-refractivity contribution is 6.05. The lowest BCUT2D eigenvalue weighted by atomic mass is 10.00. The Balaban J connectivity index is 2.10. The van der Waals surface area contributed by atoms with E-state index in [2.05, 4.69) is 9.97 Å². The molecule has 0 atom stereocenters. The molecule has 1 aromatic carbocycles. The van der Waals surface area contributed by atoms with Crippen LogP contribution in [0.4, 0.5) is 0 Å². The van der Waals surface area contributed by atoms with Crippen LogP contribution in [-0.4, -0.2) is 22.2 Å². The van der Waals surface area contributed by atoms with Gasteiger partial charge in [0.25, 0.3) is 5.91 Å². The average molecular weight is 305 g/mol. The van der Waals surface area contributed by atoms with E-state index in [1.54, 1.807) is 30.6 Å². The SMILES string of the molecule is Cc1cnc2c(C(N)=O)cc(Cc3cc(C=O)ccn3)cc2c1. The van der Waals surface area contributed by atoms with Crippen molar-refractivity contribution in [1.29, 1.82) is 0 Å². The van der Waals surface area contributed by atoms with E-state index >= 15 is 0 Å². The summed E-state index contributed by atoms with van der Waals surface area (Å²) in [6, 6.07) is 9.06. The molecule has 5 heteroatoms. The third kappa shape index (κ3) is 3.08. The van der Waals surface area contributed by atoms with Crippen molar-refractivity contribution >= 4 is 23.1 Å². The Kier molecular flexibility index (Phi) is 3.85. The van der Waals surface area contributed by atoms with Crippen LogP contribution in [0.2, 0.25) is 0 Å². The molecule has 0 radical (unpaired) electrons. The summed E-state index contributed by atoms with van der Waals surface area (Å²) in [7, 11) is 0. The monoisotopic (exact) mass is 305 g/mol. The van der Waals surface area contributed by atoms with Crippen molar-refractivity contribution in [3.8, 4) is 0 Å². The summed E-state index contributed by atoms with van der Waals surface area (Å²) in [4.78, 5) is 31.2. The number of aromatic nitrogens is 2. The maximum atomic E-state index is 11.7. The lowest BCUT2D eigenvalue weighted by molar-refractivity contribution is 0.100. The van der Waals surface area contributed by atoms with E-state index < -0.39 is 5.91 Å². The highest BCUT2D eigenvalue weighted by Crippen LogP contribution is 2.22. The predicted molar refractivity (Wildman–Crippen MR) is 87.4 cm³/mol. The smallest absolute Gasteiger partial charge is 0.250 e. The van der Waals surface area contributed by atoms with Gasteiger partial charge in [0.15, 0.2) is 0 Å². The quantitative estimate of drug-likeness (QED) is 0.750. The number of carbonyl (C=O) groups is 2. The van der Waals surface area contributed by atoms with E-state index in [1.807, 2.05) is 19.1 Å². The largest absolute Gasteiger partial charge is 0.366 e. The first-order valence-electron chi connectivity index (χ1n) is 7.16. The van der Waals surface area contributed by atoms with Crippen LogP contribution in [0.15, 0.2) is 42.7 Å². The van der Waals surface area contributed by atoms with Gasteiger partial charge in [0.2, 0.25) is 0 Å². The Morgan fingerprint density at radius 2 is 2.04 bits per heavy atom. The Morgan fingerprint density at radius 1 is 1.22 bits per heavy atom. The van der Waals surface area contributed by atoms with Gasteiger partial charge in [-0.25, -0.2) is 0 Å². The van der Waals surface area contributed by atoms with Gasteiger partial charge in [-0.15, -0.1) is 0 Å². The van der Waals surface area contributed by atoms with Crippen LogP contribution in [-0.2, 0) is 6.42 Å². The molecule has 2 aromatic heterocycles. The molecule has 3 aromatic rings. The number of fused-ring (bicyclic) bond motifs is 1. The summed E-state index contributed by atoms with van der Waals surface area (Å²) in [5, 5.41) is 0.864. The van der Waals surface area contributed by atoms with Crippen LogP contribution in [0, 0.1) is 6.92 Å². The fraction of sp³-hybridized carbons (Fsp3) is 0.111. The number of benzene rings is 1. The summed E-state index contributed by atoms with van der Waals surface area (Å²) >= 11 is 0. The second kappa shape index (κ2) is 5.96. The van der Waals surface area contributed by atoms with E-state index in [-0.39, 0.29) is 0 Å². The minimum absolute atomic E-state index is 0.393. The number of hydrogen-bond donors (Lipinski definition) is 1. The fourth-order valence-corrected chi connectivity index (χ4v) is 2.59. The van der Waals surface area contributed by atoms with Gasteiger partial charge in [-0.3, -0.25) is 19.6 Å². The molecule has 0 unspecified atom stereocenters. The second-order valence-corrected chi connectivity index (χ2v) is 5.47. The van der Waals surface area contributed by atoms with E-state index in [4.69, 9.17) is 5.73 Å². The van der Waals surface area contributed by atoms with Gasteiger partial charge < -0.3 is 5.73 Å². The molecule has 5 nitrogen and oxygen atoms in total. The topological polar surface area (TPSA) is 85.9 Å². The number of rotatable bonds is 4. The maximum Gasteiger partial charge on any atom is 0.250 e. The van der Waals surface area contributed by atoms with Crippen LogP contribution in [0.1, 0.15) is 37.5 Å². The third-order valence-electron chi connectivity index (χ3n) is 3.61. The first-order valence-corrected chi connectivity index (χ1v) is 7.16. The number of aryl methyl sites for hydroxylation is 1. The summed E-state index contributed by atoms with van der Waals surface area (Å²) in [6.45, 7) is 1.94. The Labute approximate surface area is 133 Å². The summed E-state index contributed by atoms with van der Waals surface area (Å²) in [6.07, 6.45) is 4.60. The van der Waals surface area contributed by atoms with Crippen LogP contribution < -0.4 is 5.73 Å². The summed E-state index contributed by atoms with van der Waals surface area (Å²) in [5.41, 5.74) is 9.71. The van der Waals surface area contributed by atoms with Crippen molar-refractivity contribution in [2.75, 3.05) is 0 Å². The van der Waals surface area contributed by atoms with Gasteiger partial charge in [-0.1, -0.05) is 0 Å². The third-order valence-corrected chi connectivity index (χ3v) is 3.61. The lowest BCUT2D eigenvalue weighted by Crippen LogP contribution is -2.13. The molecule has 0 aliphatic heterocycles. The molecule has 114 valence electrons. The Bertz CT molecular complexity index is 919. The number of pyridine rings is 2. The average Bonchev–Trinajstić information content (AvgIpc) is 2.53. The van der Waals surface area contributed by atoms with Crippen LogP contribution >= 0.6 is 0 Å². The number of nitrogens with zero attached hydrogens (tertiary/aromatic N) is 2. The van der Waals surface area contributed by atoms with E-state index in [1.165, 1.54) is 0 Å². The molecule has 0 saturated heterocycles. The highest BCUT2D eigenvalue weighted by atomic mass is 16.1. The van der Waals surface area contributed by atoms with Crippen molar-refractivity contribution in [1.82, 2.24) is 9.97 Å². The van der Waals surface area contributed by atoms with Gasteiger partial charge in [0, 0.05) is 35.5 Å². The number of hydrogen-bond acceptors (Lipinski definition) is 4. The Hall–Kier alpha value is -3.08. The van der Waals surface area contributed by atoms with E-state index in [0.717, 1.165) is 28.5 Å². The molecule has 0 bridgehead atoms. The molecule has 3 rings (SSSR count). The highest BCUT2D eigenvalue weighted by Gasteiger charge is 2.11. The van der Waals surface area contributed by atoms with Gasteiger partial charge in [-0.05, 0) is 48.4 Å². The number of primary amides is 1. The predicted octanol–water partition coefficient (Wildman–Crippen LogP) is 2.44. The van der Waals surface area contributed by atoms with Crippen molar-refractivity contribution < 1.29 is 9.59 Å². The molecular formula is C18H15N3O2. The molecule has 0 saturated carbocycles. The first kappa shape index (κ1) is 14.8. The molecular weight excluding hydrogens is 290 g/mol. The number of amides is 1. The molecule has 2 N–H and O–H groups in total. The standard InChI is InChI=1S/C18H15N3O2/c1-11-4-14-5-13(7-15-6-12(10-22)2-3-20-15)8-16(18(19)23)17(14)21-9-11/h2-6,8-10H,7H2,1H3,(H2,19,23). The van der Waals surface area contributed by atoms with Crippen molar-refractivity contribution in [3.05, 3.63) is 70.7 Å². The molecule has 0 spiro atoms. The van der Waals surface area contributed by atoms with Crippen molar-refractivity contribution in [2.45, 2.75) is 13.3 Å². The maximum absolute atomic E-state index is 11.7. The number of nitrogens with two attached hydrogens (primary N) is 1. The number of carbonyl (C=O) groups excluding carboxylic acids is 2. The summed E-state index contributed by atoms with van der Waals surface area (Å²) in [5.74, 6) is -0.511. The molecule has 23 heavy (non-hydrogen) atoms. The normalized spacial score (nSPS) is 10.7. The second-order valence-electron chi connectivity index (χ2n) is 5.47. The zero-order valence-electron chi connectivity index (χ0n) is 12.6. The zero-order valence-corrected chi connectivity index (χ0v) is 12.6. The summed E-state index contributed by atoms with van der Waals surface area (Å²) < 4.78 is 0. The Morgan fingerprint density at radius 3 is 2.78 bits per heavy atom. The minimum atomic E-state index is -0.511. The van der Waals surface area contributed by atoms with Crippen LogP contribution in [0.5, 0.6) is 0 Å². The lowest BCUT2D eigenvalue weighted by Gasteiger charge is -2.08. The molecule has 0 aliphatic rings. The van der Waals surface area contributed by atoms with Crippen LogP contribution in [0.25, 0.3) is 10.9 Å². The van der Waals surface area contributed by atoms with Crippen LogP contribution in [0.3, 0.4) is 0 Å². The van der Waals surface area contributed by atoms with Crippen molar-refractivity contribution in [2.24, 2.45) is 5.73 Å².